The fourth-order valence-corrected chi connectivity index (χ4v) is 3.38. The highest BCUT2D eigenvalue weighted by molar-refractivity contribution is 5.54. The van der Waals surface area contributed by atoms with Crippen LogP contribution in [0.2, 0.25) is 0 Å². The van der Waals surface area contributed by atoms with Crippen LogP contribution in [0.25, 0.3) is 0 Å². The monoisotopic (exact) mass is 238 g/mol. The van der Waals surface area contributed by atoms with Crippen molar-refractivity contribution in [2.45, 2.75) is 39.2 Å². The highest BCUT2D eigenvalue weighted by atomic mass is 16.1. The maximum absolute atomic E-state index is 10.9. The second kappa shape index (κ2) is 5.96. The van der Waals surface area contributed by atoms with Crippen LogP contribution in [-0.4, -0.2) is 43.4 Å². The lowest BCUT2D eigenvalue weighted by Gasteiger charge is -2.40. The van der Waals surface area contributed by atoms with E-state index in [1.807, 2.05) is 0 Å². The van der Waals surface area contributed by atoms with Crippen molar-refractivity contribution in [3.8, 4) is 0 Å². The molecule has 2 fully saturated rings. The molecule has 1 N–H and O–H groups in total. The maximum atomic E-state index is 10.9. The lowest BCUT2D eigenvalue weighted by Crippen LogP contribution is -2.45. The van der Waals surface area contributed by atoms with E-state index >= 15 is 0 Å². The quantitative estimate of drug-likeness (QED) is 0.757. The first kappa shape index (κ1) is 13.0. The number of nitrogens with zero attached hydrogens (tertiary/aromatic N) is 1. The van der Waals surface area contributed by atoms with Gasteiger partial charge in [-0.05, 0) is 64.6 Å². The number of likely N-dealkylation sites (tertiary alicyclic amines) is 1. The van der Waals surface area contributed by atoms with Crippen LogP contribution in [0, 0.1) is 17.8 Å². The zero-order chi connectivity index (χ0) is 12.3. The largest absolute Gasteiger partial charge is 0.316 e. The molecular weight excluding hydrogens is 212 g/mol. The van der Waals surface area contributed by atoms with Crippen LogP contribution >= 0.6 is 0 Å². The SMILES string of the molecule is CC(C)N1CCC(C2CNCC(C=O)C2)CC1. The minimum atomic E-state index is 0.261. The molecule has 2 unspecified atom stereocenters. The zero-order valence-electron chi connectivity index (χ0n) is 11.2. The molecule has 0 bridgehead atoms. The first-order valence-electron chi connectivity index (χ1n) is 7.10. The van der Waals surface area contributed by atoms with Gasteiger partial charge in [0.25, 0.3) is 0 Å². The summed E-state index contributed by atoms with van der Waals surface area (Å²) in [5, 5.41) is 3.42. The number of rotatable bonds is 3. The zero-order valence-corrected chi connectivity index (χ0v) is 11.2. The summed E-state index contributed by atoms with van der Waals surface area (Å²) >= 11 is 0. The molecule has 98 valence electrons. The Hall–Kier alpha value is -0.410. The summed E-state index contributed by atoms with van der Waals surface area (Å²) in [6, 6.07) is 0.683. The Morgan fingerprint density at radius 3 is 2.47 bits per heavy atom. The van der Waals surface area contributed by atoms with Crippen molar-refractivity contribution >= 4 is 6.29 Å². The number of carbonyl (C=O) groups is 1. The molecule has 2 aliphatic heterocycles. The third-order valence-corrected chi connectivity index (χ3v) is 4.58. The number of aldehydes is 1. The van der Waals surface area contributed by atoms with Crippen LogP contribution in [0.3, 0.4) is 0 Å². The molecule has 2 rings (SSSR count). The highest BCUT2D eigenvalue weighted by Crippen LogP contribution is 2.31. The van der Waals surface area contributed by atoms with E-state index in [9.17, 15) is 4.79 Å². The molecule has 2 atom stereocenters. The van der Waals surface area contributed by atoms with E-state index in [0.717, 1.165) is 37.6 Å². The predicted octanol–water partition coefficient (Wildman–Crippen LogP) is 1.53. The lowest BCUT2D eigenvalue weighted by atomic mass is 9.77. The van der Waals surface area contributed by atoms with Crippen molar-refractivity contribution in [1.29, 1.82) is 0 Å². The Bertz CT molecular complexity index is 247. The standard InChI is InChI=1S/C14H26N2O/c1-11(2)16-5-3-13(4-6-16)14-7-12(10-17)8-15-9-14/h10-15H,3-9H2,1-2H3. The normalized spacial score (nSPS) is 32.9. The van der Waals surface area contributed by atoms with E-state index in [0.29, 0.717) is 6.04 Å². The predicted molar refractivity (Wildman–Crippen MR) is 70.0 cm³/mol. The number of carbonyl (C=O) groups excluding carboxylic acids is 1. The molecule has 3 heteroatoms. The van der Waals surface area contributed by atoms with Gasteiger partial charge in [0, 0.05) is 18.5 Å². The Labute approximate surface area is 105 Å². The van der Waals surface area contributed by atoms with Crippen LogP contribution in [0.15, 0.2) is 0 Å². The van der Waals surface area contributed by atoms with Gasteiger partial charge in [0.2, 0.25) is 0 Å². The summed E-state index contributed by atoms with van der Waals surface area (Å²) in [5.74, 6) is 1.82. The summed E-state index contributed by atoms with van der Waals surface area (Å²) < 4.78 is 0. The third kappa shape index (κ3) is 3.29. The van der Waals surface area contributed by atoms with Gasteiger partial charge in [-0.2, -0.15) is 0 Å². The first-order valence-corrected chi connectivity index (χ1v) is 7.10. The van der Waals surface area contributed by atoms with Crippen molar-refractivity contribution in [3.05, 3.63) is 0 Å². The molecule has 2 aliphatic rings. The number of hydrogen-bond acceptors (Lipinski definition) is 3. The highest BCUT2D eigenvalue weighted by Gasteiger charge is 2.31. The average molecular weight is 238 g/mol. The van der Waals surface area contributed by atoms with Gasteiger partial charge in [-0.3, -0.25) is 0 Å². The van der Waals surface area contributed by atoms with Gasteiger partial charge >= 0.3 is 0 Å². The van der Waals surface area contributed by atoms with Gasteiger partial charge in [0.1, 0.15) is 6.29 Å². The number of nitrogens with one attached hydrogen (secondary N) is 1. The fourth-order valence-electron chi connectivity index (χ4n) is 3.38. The van der Waals surface area contributed by atoms with Crippen LogP contribution in [0.5, 0.6) is 0 Å². The topological polar surface area (TPSA) is 32.3 Å². The van der Waals surface area contributed by atoms with E-state index in [4.69, 9.17) is 0 Å². The molecule has 2 heterocycles. The van der Waals surface area contributed by atoms with Crippen molar-refractivity contribution in [2.24, 2.45) is 17.8 Å². The number of piperidine rings is 2. The Morgan fingerprint density at radius 1 is 1.18 bits per heavy atom. The van der Waals surface area contributed by atoms with Gasteiger partial charge in [0.15, 0.2) is 0 Å². The first-order chi connectivity index (χ1) is 8.20. The Kier molecular flexibility index (Phi) is 4.57. The molecule has 0 radical (unpaired) electrons. The van der Waals surface area contributed by atoms with E-state index in [1.165, 1.54) is 25.9 Å². The summed E-state index contributed by atoms with van der Waals surface area (Å²) in [7, 11) is 0. The molecule has 0 aromatic heterocycles. The van der Waals surface area contributed by atoms with Gasteiger partial charge in [-0.15, -0.1) is 0 Å². The van der Waals surface area contributed by atoms with Crippen molar-refractivity contribution < 1.29 is 4.79 Å². The van der Waals surface area contributed by atoms with E-state index in [-0.39, 0.29) is 5.92 Å². The second-order valence-electron chi connectivity index (χ2n) is 6.02. The summed E-state index contributed by atoms with van der Waals surface area (Å²) in [4.78, 5) is 13.5. The van der Waals surface area contributed by atoms with Gasteiger partial charge in [-0.25, -0.2) is 0 Å². The molecule has 0 aromatic rings. The van der Waals surface area contributed by atoms with Crippen LogP contribution in [0.1, 0.15) is 33.1 Å². The molecule has 0 spiro atoms. The minimum absolute atomic E-state index is 0.261. The third-order valence-electron chi connectivity index (χ3n) is 4.58. The Morgan fingerprint density at radius 2 is 1.88 bits per heavy atom. The molecule has 3 nitrogen and oxygen atoms in total. The average Bonchev–Trinajstić information content (AvgIpc) is 2.39. The van der Waals surface area contributed by atoms with Crippen molar-refractivity contribution in [2.75, 3.05) is 26.2 Å². The van der Waals surface area contributed by atoms with Gasteiger partial charge < -0.3 is 15.0 Å². The molecule has 0 aliphatic carbocycles. The van der Waals surface area contributed by atoms with Crippen LogP contribution in [0.4, 0.5) is 0 Å². The lowest BCUT2D eigenvalue weighted by molar-refractivity contribution is -0.112. The van der Waals surface area contributed by atoms with Crippen molar-refractivity contribution in [1.82, 2.24) is 10.2 Å². The number of hydrogen-bond donors (Lipinski definition) is 1. The van der Waals surface area contributed by atoms with Gasteiger partial charge in [-0.1, -0.05) is 0 Å². The molecule has 0 aromatic carbocycles. The smallest absolute Gasteiger partial charge is 0.124 e. The van der Waals surface area contributed by atoms with Crippen LogP contribution < -0.4 is 5.32 Å². The van der Waals surface area contributed by atoms with E-state index in [2.05, 4.69) is 24.1 Å². The Balaban J connectivity index is 1.81. The molecule has 17 heavy (non-hydrogen) atoms. The second-order valence-corrected chi connectivity index (χ2v) is 6.02. The summed E-state index contributed by atoms with van der Waals surface area (Å²) in [5.41, 5.74) is 0. The fraction of sp³-hybridized carbons (Fsp3) is 0.929. The molecule has 2 saturated heterocycles. The van der Waals surface area contributed by atoms with E-state index in [1.54, 1.807) is 0 Å². The molecule has 0 amide bonds. The summed E-state index contributed by atoms with van der Waals surface area (Å²) in [6.07, 6.45) is 4.89. The maximum Gasteiger partial charge on any atom is 0.124 e. The molecular formula is C14H26N2O. The molecule has 0 saturated carbocycles. The van der Waals surface area contributed by atoms with Crippen molar-refractivity contribution in [3.63, 3.8) is 0 Å². The minimum Gasteiger partial charge on any atom is -0.316 e. The van der Waals surface area contributed by atoms with Gasteiger partial charge in [0.05, 0.1) is 0 Å². The summed E-state index contributed by atoms with van der Waals surface area (Å²) in [6.45, 7) is 9.06. The van der Waals surface area contributed by atoms with Crippen LogP contribution in [-0.2, 0) is 4.79 Å². The van der Waals surface area contributed by atoms with E-state index < -0.39 is 0 Å².